The average molecular weight is 414 g/mol. The molecule has 1 aromatic carbocycles. The second-order valence-corrected chi connectivity index (χ2v) is 5.52. The molecule has 1 N–H and O–H groups in total. The van der Waals surface area contributed by atoms with Crippen LogP contribution in [0.3, 0.4) is 0 Å². The van der Waals surface area contributed by atoms with E-state index < -0.39 is 0 Å². The zero-order chi connectivity index (χ0) is 14.7. The highest BCUT2D eigenvalue weighted by molar-refractivity contribution is 14.0. The largest absolute Gasteiger partial charge is 0.347 e. The minimum atomic E-state index is 0. The van der Waals surface area contributed by atoms with Crippen LogP contribution >= 0.6 is 24.0 Å². The molecule has 0 bridgehead atoms. The van der Waals surface area contributed by atoms with E-state index in [1.807, 2.05) is 11.0 Å². The molecule has 0 spiro atoms. The highest BCUT2D eigenvalue weighted by Crippen LogP contribution is 2.27. The fourth-order valence-corrected chi connectivity index (χ4v) is 3.09. The van der Waals surface area contributed by atoms with Crippen LogP contribution in [-0.2, 0) is 11.2 Å². The second-order valence-electron chi connectivity index (χ2n) is 5.52. The van der Waals surface area contributed by atoms with Gasteiger partial charge in [0.1, 0.15) is 0 Å². The number of fused-ring (bicyclic) bond motifs is 1. The van der Waals surface area contributed by atoms with Crippen LogP contribution in [-0.4, -0.2) is 50.0 Å². The first kappa shape index (κ1) is 17.1. The zero-order valence-corrected chi connectivity index (χ0v) is 15.2. The SMILES string of the molecule is CN=C(NCC(=O)N1CCCC1)N1CCc2ccccc21.I. The zero-order valence-electron chi connectivity index (χ0n) is 12.9. The first-order valence-corrected chi connectivity index (χ1v) is 7.63. The summed E-state index contributed by atoms with van der Waals surface area (Å²) in [6.45, 7) is 3.03. The van der Waals surface area contributed by atoms with Crippen LogP contribution < -0.4 is 10.2 Å². The Kier molecular flexibility index (Phi) is 6.05. The summed E-state index contributed by atoms with van der Waals surface area (Å²) < 4.78 is 0. The highest BCUT2D eigenvalue weighted by atomic mass is 127. The number of likely N-dealkylation sites (tertiary alicyclic amines) is 1. The lowest BCUT2D eigenvalue weighted by Crippen LogP contribution is -2.45. The Morgan fingerprint density at radius 1 is 1.23 bits per heavy atom. The fraction of sp³-hybridized carbons (Fsp3) is 0.500. The van der Waals surface area contributed by atoms with Crippen molar-refractivity contribution in [2.24, 2.45) is 4.99 Å². The van der Waals surface area contributed by atoms with Crippen LogP contribution in [0.2, 0.25) is 0 Å². The molecular formula is C16H23IN4O. The van der Waals surface area contributed by atoms with E-state index >= 15 is 0 Å². The lowest BCUT2D eigenvalue weighted by Gasteiger charge is -2.23. The molecule has 0 atom stereocenters. The number of hydrogen-bond acceptors (Lipinski definition) is 2. The predicted octanol–water partition coefficient (Wildman–Crippen LogP) is 1.86. The number of aliphatic imine (C=N–C) groups is 1. The molecule has 0 aromatic heterocycles. The van der Waals surface area contributed by atoms with Gasteiger partial charge in [0.2, 0.25) is 5.91 Å². The topological polar surface area (TPSA) is 47.9 Å². The molecule has 3 rings (SSSR count). The molecule has 2 aliphatic rings. The van der Waals surface area contributed by atoms with Gasteiger partial charge in [0, 0.05) is 32.4 Å². The fourth-order valence-electron chi connectivity index (χ4n) is 3.09. The Morgan fingerprint density at radius 3 is 2.68 bits per heavy atom. The van der Waals surface area contributed by atoms with Crippen LogP contribution in [0, 0.1) is 0 Å². The van der Waals surface area contributed by atoms with Crippen molar-refractivity contribution < 1.29 is 4.79 Å². The van der Waals surface area contributed by atoms with E-state index in [0.29, 0.717) is 6.54 Å². The number of guanidine groups is 1. The molecule has 1 aromatic rings. The van der Waals surface area contributed by atoms with Crippen molar-refractivity contribution in [2.45, 2.75) is 19.3 Å². The first-order chi connectivity index (χ1) is 10.3. The average Bonchev–Trinajstić information content (AvgIpc) is 3.17. The minimum Gasteiger partial charge on any atom is -0.347 e. The Balaban J connectivity index is 0.00000176. The number of amides is 1. The van der Waals surface area contributed by atoms with Crippen LogP contribution in [0.4, 0.5) is 5.69 Å². The quantitative estimate of drug-likeness (QED) is 0.457. The molecule has 120 valence electrons. The summed E-state index contributed by atoms with van der Waals surface area (Å²) in [5.41, 5.74) is 2.53. The summed E-state index contributed by atoms with van der Waals surface area (Å²) in [6, 6.07) is 8.37. The first-order valence-electron chi connectivity index (χ1n) is 7.63. The van der Waals surface area contributed by atoms with Gasteiger partial charge in [-0.1, -0.05) is 18.2 Å². The molecule has 0 saturated carbocycles. The van der Waals surface area contributed by atoms with Gasteiger partial charge in [0.05, 0.1) is 6.54 Å². The van der Waals surface area contributed by atoms with Gasteiger partial charge >= 0.3 is 0 Å². The van der Waals surface area contributed by atoms with Crippen LogP contribution in [0.5, 0.6) is 0 Å². The maximum absolute atomic E-state index is 12.1. The van der Waals surface area contributed by atoms with Gasteiger partial charge in [-0.2, -0.15) is 0 Å². The molecule has 0 unspecified atom stereocenters. The van der Waals surface area contributed by atoms with Crippen molar-refractivity contribution in [1.82, 2.24) is 10.2 Å². The molecule has 2 heterocycles. The van der Waals surface area contributed by atoms with Gasteiger partial charge < -0.3 is 15.1 Å². The summed E-state index contributed by atoms with van der Waals surface area (Å²) in [5.74, 6) is 0.952. The van der Waals surface area contributed by atoms with Gasteiger partial charge in [0.25, 0.3) is 0 Å². The summed E-state index contributed by atoms with van der Waals surface area (Å²) in [4.78, 5) is 20.5. The molecule has 6 heteroatoms. The van der Waals surface area contributed by atoms with E-state index in [4.69, 9.17) is 0 Å². The van der Waals surface area contributed by atoms with Crippen molar-refractivity contribution >= 4 is 41.5 Å². The van der Waals surface area contributed by atoms with Gasteiger partial charge in [-0.25, -0.2) is 0 Å². The molecule has 1 saturated heterocycles. The predicted molar refractivity (Wildman–Crippen MR) is 100 cm³/mol. The number of nitrogens with one attached hydrogen (secondary N) is 1. The summed E-state index contributed by atoms with van der Waals surface area (Å²) in [7, 11) is 1.77. The number of benzene rings is 1. The van der Waals surface area contributed by atoms with Crippen LogP contribution in [0.1, 0.15) is 18.4 Å². The molecule has 1 fully saturated rings. The van der Waals surface area contributed by atoms with Crippen molar-refractivity contribution in [2.75, 3.05) is 38.1 Å². The highest BCUT2D eigenvalue weighted by Gasteiger charge is 2.24. The number of anilines is 1. The molecule has 22 heavy (non-hydrogen) atoms. The van der Waals surface area contributed by atoms with Crippen molar-refractivity contribution in [1.29, 1.82) is 0 Å². The third-order valence-corrected chi connectivity index (χ3v) is 4.21. The maximum Gasteiger partial charge on any atom is 0.241 e. The molecular weight excluding hydrogens is 391 g/mol. The van der Waals surface area contributed by atoms with E-state index in [-0.39, 0.29) is 29.9 Å². The summed E-state index contributed by atoms with van der Waals surface area (Å²) in [6.07, 6.45) is 3.27. The van der Waals surface area contributed by atoms with Crippen LogP contribution in [0.15, 0.2) is 29.3 Å². The smallest absolute Gasteiger partial charge is 0.241 e. The molecule has 0 radical (unpaired) electrons. The lowest BCUT2D eigenvalue weighted by molar-refractivity contribution is -0.128. The van der Waals surface area contributed by atoms with Gasteiger partial charge in [-0.15, -0.1) is 24.0 Å². The molecule has 2 aliphatic heterocycles. The van der Waals surface area contributed by atoms with Crippen molar-refractivity contribution in [3.8, 4) is 0 Å². The third kappa shape index (κ3) is 3.53. The summed E-state index contributed by atoms with van der Waals surface area (Å²) in [5, 5.41) is 3.21. The van der Waals surface area contributed by atoms with Gasteiger partial charge in [-0.3, -0.25) is 9.79 Å². The molecule has 1 amide bonds. The Hall–Kier alpha value is -1.31. The van der Waals surface area contributed by atoms with E-state index in [2.05, 4.69) is 33.4 Å². The number of carbonyl (C=O) groups is 1. The monoisotopic (exact) mass is 414 g/mol. The van der Waals surface area contributed by atoms with E-state index in [1.54, 1.807) is 7.05 Å². The van der Waals surface area contributed by atoms with Gasteiger partial charge in [-0.05, 0) is 30.9 Å². The standard InChI is InChI=1S/C16H22N4O.HI/c1-17-16(18-12-15(21)19-9-4-5-10-19)20-11-8-13-6-2-3-7-14(13)20;/h2-3,6-7H,4-5,8-12H2,1H3,(H,17,18);1H. The van der Waals surface area contributed by atoms with Crippen LogP contribution in [0.25, 0.3) is 0 Å². The number of halogens is 1. The third-order valence-electron chi connectivity index (χ3n) is 4.21. The van der Waals surface area contributed by atoms with Crippen molar-refractivity contribution in [3.63, 3.8) is 0 Å². The Labute approximate surface area is 148 Å². The van der Waals surface area contributed by atoms with E-state index in [0.717, 1.165) is 44.9 Å². The Bertz CT molecular complexity index is 555. The maximum atomic E-state index is 12.1. The second kappa shape index (κ2) is 7.80. The lowest BCUT2D eigenvalue weighted by atomic mass is 10.2. The van der Waals surface area contributed by atoms with E-state index in [1.165, 1.54) is 11.3 Å². The molecule has 5 nitrogen and oxygen atoms in total. The van der Waals surface area contributed by atoms with Crippen molar-refractivity contribution in [3.05, 3.63) is 29.8 Å². The normalized spacial score (nSPS) is 17.2. The van der Waals surface area contributed by atoms with E-state index in [9.17, 15) is 4.79 Å². The number of para-hydroxylation sites is 1. The Morgan fingerprint density at radius 2 is 1.95 bits per heavy atom. The minimum absolute atomic E-state index is 0. The summed E-state index contributed by atoms with van der Waals surface area (Å²) >= 11 is 0. The number of carbonyl (C=O) groups excluding carboxylic acids is 1. The molecule has 0 aliphatic carbocycles. The number of nitrogens with zero attached hydrogens (tertiary/aromatic N) is 3. The number of rotatable bonds is 2. The van der Waals surface area contributed by atoms with Gasteiger partial charge in [0.15, 0.2) is 5.96 Å². The number of hydrogen-bond donors (Lipinski definition) is 1.